The van der Waals surface area contributed by atoms with Gasteiger partial charge < -0.3 is 15.2 Å². The molecule has 0 unspecified atom stereocenters. The summed E-state index contributed by atoms with van der Waals surface area (Å²) in [4.78, 5) is 29.7. The Labute approximate surface area is 155 Å². The average molecular weight is 355 g/mol. The molecule has 0 saturated carbocycles. The first-order valence-corrected chi connectivity index (χ1v) is 9.83. The zero-order chi connectivity index (χ0) is 18.4. The van der Waals surface area contributed by atoms with E-state index in [0.717, 1.165) is 23.9 Å². The van der Waals surface area contributed by atoms with Crippen molar-refractivity contribution in [1.82, 2.24) is 15.2 Å². The number of carbonyl (C=O) groups is 2. The van der Waals surface area contributed by atoms with E-state index in [1.807, 2.05) is 24.3 Å². The van der Waals surface area contributed by atoms with Crippen LogP contribution in [-0.2, 0) is 4.79 Å². The van der Waals surface area contributed by atoms with Crippen LogP contribution < -0.4 is 5.32 Å². The van der Waals surface area contributed by atoms with Crippen LogP contribution in [0.4, 0.5) is 0 Å². The van der Waals surface area contributed by atoms with Gasteiger partial charge in [0.15, 0.2) is 0 Å². The second-order valence-corrected chi connectivity index (χ2v) is 7.21. The van der Waals surface area contributed by atoms with Crippen molar-refractivity contribution in [2.75, 3.05) is 19.6 Å². The molecule has 26 heavy (non-hydrogen) atoms. The summed E-state index contributed by atoms with van der Waals surface area (Å²) < 4.78 is 0. The number of aromatic nitrogens is 1. The molecule has 1 saturated heterocycles. The molecule has 0 aliphatic carbocycles. The third kappa shape index (κ3) is 4.26. The minimum Gasteiger partial charge on any atom is -0.360 e. The standard InChI is InChI=1S/C21H29N3O2/c1-2-3-4-5-6-9-12-22-20(25)16-14-24(15-16)21(26)18-13-23-19-11-8-7-10-17(18)19/h7-8,10-11,13,16,23H,2-6,9,12,14-15H2,1H3,(H,22,25). The molecule has 2 heterocycles. The number of amides is 2. The number of benzene rings is 1. The number of hydrogen-bond donors (Lipinski definition) is 2. The monoisotopic (exact) mass is 355 g/mol. The third-order valence-electron chi connectivity index (χ3n) is 5.19. The summed E-state index contributed by atoms with van der Waals surface area (Å²) in [6.07, 6.45) is 9.08. The van der Waals surface area contributed by atoms with Crippen LogP contribution >= 0.6 is 0 Å². The lowest BCUT2D eigenvalue weighted by molar-refractivity contribution is -0.128. The fourth-order valence-electron chi connectivity index (χ4n) is 3.49. The number of nitrogens with zero attached hydrogens (tertiary/aromatic N) is 1. The van der Waals surface area contributed by atoms with Crippen molar-refractivity contribution in [3.05, 3.63) is 36.0 Å². The fraction of sp³-hybridized carbons (Fsp3) is 0.524. The van der Waals surface area contributed by atoms with E-state index in [4.69, 9.17) is 0 Å². The summed E-state index contributed by atoms with van der Waals surface area (Å²) in [6.45, 7) is 3.99. The van der Waals surface area contributed by atoms with Crippen LogP contribution in [0.25, 0.3) is 10.9 Å². The SMILES string of the molecule is CCCCCCCCNC(=O)C1CN(C(=O)c2c[nH]c3ccccc23)C1. The van der Waals surface area contributed by atoms with Gasteiger partial charge in [-0.3, -0.25) is 9.59 Å². The zero-order valence-corrected chi connectivity index (χ0v) is 15.6. The minimum atomic E-state index is -0.0655. The summed E-state index contributed by atoms with van der Waals surface area (Å²) in [5.74, 6) is 0.0215. The van der Waals surface area contributed by atoms with Gasteiger partial charge >= 0.3 is 0 Å². The van der Waals surface area contributed by atoms with Gasteiger partial charge in [0.1, 0.15) is 0 Å². The third-order valence-corrected chi connectivity index (χ3v) is 5.19. The van der Waals surface area contributed by atoms with Crippen molar-refractivity contribution in [2.24, 2.45) is 5.92 Å². The predicted octanol–water partition coefficient (Wildman–Crippen LogP) is 3.72. The molecule has 0 atom stereocenters. The lowest BCUT2D eigenvalue weighted by atomic mass is 9.97. The van der Waals surface area contributed by atoms with Crippen LogP contribution in [0.3, 0.4) is 0 Å². The molecule has 5 heteroatoms. The summed E-state index contributed by atoms with van der Waals surface area (Å²) in [6, 6.07) is 7.78. The highest BCUT2D eigenvalue weighted by molar-refractivity contribution is 6.07. The van der Waals surface area contributed by atoms with Crippen molar-refractivity contribution in [3.8, 4) is 0 Å². The van der Waals surface area contributed by atoms with Crippen molar-refractivity contribution in [1.29, 1.82) is 0 Å². The molecule has 140 valence electrons. The van der Waals surface area contributed by atoms with Crippen molar-refractivity contribution in [2.45, 2.75) is 45.4 Å². The van der Waals surface area contributed by atoms with Crippen LogP contribution in [0.15, 0.2) is 30.5 Å². The van der Waals surface area contributed by atoms with Crippen LogP contribution in [0.2, 0.25) is 0 Å². The summed E-state index contributed by atoms with van der Waals surface area (Å²) >= 11 is 0. The number of hydrogen-bond acceptors (Lipinski definition) is 2. The number of aromatic amines is 1. The molecule has 2 N–H and O–H groups in total. The Bertz CT molecular complexity index is 747. The van der Waals surface area contributed by atoms with Crippen LogP contribution in [-0.4, -0.2) is 41.3 Å². The molecule has 3 rings (SSSR count). The molecular formula is C21H29N3O2. The van der Waals surface area contributed by atoms with E-state index >= 15 is 0 Å². The van der Waals surface area contributed by atoms with E-state index in [-0.39, 0.29) is 17.7 Å². The highest BCUT2D eigenvalue weighted by Gasteiger charge is 2.36. The summed E-state index contributed by atoms with van der Waals surface area (Å²) in [5.41, 5.74) is 1.65. The number of likely N-dealkylation sites (tertiary alicyclic amines) is 1. The number of unbranched alkanes of at least 4 members (excludes halogenated alkanes) is 5. The van der Waals surface area contributed by atoms with Gasteiger partial charge in [0.2, 0.25) is 5.91 Å². The first kappa shape index (κ1) is 18.5. The maximum absolute atomic E-state index is 12.6. The van der Waals surface area contributed by atoms with Gasteiger partial charge in [-0.2, -0.15) is 0 Å². The molecule has 5 nitrogen and oxygen atoms in total. The molecule has 1 aromatic heterocycles. The Kier molecular flexibility index (Phi) is 6.31. The second-order valence-electron chi connectivity index (χ2n) is 7.21. The van der Waals surface area contributed by atoms with Gasteiger partial charge in [0.05, 0.1) is 11.5 Å². The van der Waals surface area contributed by atoms with Crippen molar-refractivity contribution < 1.29 is 9.59 Å². The molecule has 0 bridgehead atoms. The average Bonchev–Trinajstić information content (AvgIpc) is 3.03. The van der Waals surface area contributed by atoms with Crippen LogP contribution in [0.5, 0.6) is 0 Å². The van der Waals surface area contributed by atoms with E-state index in [0.29, 0.717) is 18.7 Å². The molecule has 0 radical (unpaired) electrons. The van der Waals surface area contributed by atoms with E-state index in [9.17, 15) is 9.59 Å². The Balaban J connectivity index is 1.38. The topological polar surface area (TPSA) is 65.2 Å². The lowest BCUT2D eigenvalue weighted by Gasteiger charge is -2.38. The number of carbonyl (C=O) groups excluding carboxylic acids is 2. The Morgan fingerprint density at radius 2 is 1.85 bits per heavy atom. The van der Waals surface area contributed by atoms with Crippen molar-refractivity contribution in [3.63, 3.8) is 0 Å². The van der Waals surface area contributed by atoms with E-state index in [1.54, 1.807) is 11.1 Å². The number of fused-ring (bicyclic) bond motifs is 1. The largest absolute Gasteiger partial charge is 0.360 e. The lowest BCUT2D eigenvalue weighted by Crippen LogP contribution is -2.55. The molecule has 2 amide bonds. The van der Waals surface area contributed by atoms with Gasteiger partial charge in [-0.05, 0) is 12.5 Å². The molecule has 2 aromatic rings. The Morgan fingerprint density at radius 1 is 1.12 bits per heavy atom. The Hall–Kier alpha value is -2.30. The summed E-state index contributed by atoms with van der Waals surface area (Å²) in [7, 11) is 0. The molecular weight excluding hydrogens is 326 g/mol. The van der Waals surface area contributed by atoms with Gasteiger partial charge in [-0.15, -0.1) is 0 Å². The highest BCUT2D eigenvalue weighted by Crippen LogP contribution is 2.24. The van der Waals surface area contributed by atoms with E-state index in [2.05, 4.69) is 17.2 Å². The number of H-pyrrole nitrogens is 1. The van der Waals surface area contributed by atoms with Gasteiger partial charge in [-0.1, -0.05) is 57.2 Å². The normalized spacial score (nSPS) is 14.4. The van der Waals surface area contributed by atoms with Crippen molar-refractivity contribution >= 4 is 22.7 Å². The first-order valence-electron chi connectivity index (χ1n) is 9.83. The number of para-hydroxylation sites is 1. The zero-order valence-electron chi connectivity index (χ0n) is 15.6. The molecule has 1 aromatic carbocycles. The minimum absolute atomic E-state index is 0.00224. The van der Waals surface area contributed by atoms with Gasteiger partial charge in [-0.25, -0.2) is 0 Å². The fourth-order valence-corrected chi connectivity index (χ4v) is 3.49. The second kappa shape index (κ2) is 8.88. The molecule has 0 spiro atoms. The van der Waals surface area contributed by atoms with Crippen LogP contribution in [0, 0.1) is 5.92 Å². The van der Waals surface area contributed by atoms with E-state index < -0.39 is 0 Å². The molecule has 1 aliphatic rings. The number of nitrogens with one attached hydrogen (secondary N) is 2. The van der Waals surface area contributed by atoms with Gasteiger partial charge in [0.25, 0.3) is 5.91 Å². The molecule has 1 fully saturated rings. The maximum Gasteiger partial charge on any atom is 0.256 e. The first-order chi connectivity index (χ1) is 12.7. The smallest absolute Gasteiger partial charge is 0.256 e. The van der Waals surface area contributed by atoms with Gasteiger partial charge in [0, 0.05) is 36.7 Å². The number of rotatable bonds is 9. The summed E-state index contributed by atoms with van der Waals surface area (Å²) in [5, 5.41) is 3.95. The predicted molar refractivity (Wildman–Crippen MR) is 104 cm³/mol. The van der Waals surface area contributed by atoms with E-state index in [1.165, 1.54) is 32.1 Å². The van der Waals surface area contributed by atoms with Crippen LogP contribution in [0.1, 0.15) is 55.8 Å². The highest BCUT2D eigenvalue weighted by atomic mass is 16.2. The maximum atomic E-state index is 12.6. The molecule has 1 aliphatic heterocycles. The quantitative estimate of drug-likeness (QED) is 0.673. The Morgan fingerprint density at radius 3 is 2.65 bits per heavy atom.